The predicted octanol–water partition coefficient (Wildman–Crippen LogP) is 3.92. The third-order valence-corrected chi connectivity index (χ3v) is 2.94. The fourth-order valence-corrected chi connectivity index (χ4v) is 2.22. The molecule has 0 aliphatic carbocycles. The van der Waals surface area contributed by atoms with Crippen LogP contribution in [0, 0.1) is 5.92 Å². The molecule has 3 N–H and O–H groups in total. The van der Waals surface area contributed by atoms with Gasteiger partial charge < -0.3 is 11.1 Å². The molecule has 0 aliphatic rings. The fourth-order valence-electron chi connectivity index (χ4n) is 1.73. The first-order valence-corrected chi connectivity index (χ1v) is 7.20. The van der Waals surface area contributed by atoms with E-state index in [1.54, 1.807) is 0 Å². The topological polar surface area (TPSA) is 50.4 Å². The second kappa shape index (κ2) is 8.35. The van der Waals surface area contributed by atoms with Crippen LogP contribution in [0.4, 0.5) is 0 Å². The lowest BCUT2D eigenvalue weighted by Crippen LogP contribution is -2.24. The number of nitrogens with one attached hydrogen (secondary N) is 1. The molecule has 0 heterocycles. The quantitative estimate of drug-likeness (QED) is 0.700. The molecule has 104 valence electrons. The number of hydrogen-bond acceptors (Lipinski definition) is 3. The van der Waals surface area contributed by atoms with Crippen molar-refractivity contribution in [3.8, 4) is 0 Å². The van der Waals surface area contributed by atoms with E-state index >= 15 is 0 Å². The minimum absolute atomic E-state index is 0.354. The Labute approximate surface area is 120 Å². The molecule has 0 fully saturated rings. The number of halogens is 1. The third kappa shape index (κ3) is 6.84. The highest BCUT2D eigenvalue weighted by Gasteiger charge is 2.10. The number of nitrogens with zero attached hydrogens (tertiary/aromatic N) is 1. The van der Waals surface area contributed by atoms with E-state index in [9.17, 15) is 0 Å². The van der Waals surface area contributed by atoms with E-state index in [4.69, 9.17) is 5.73 Å². The second-order valence-corrected chi connectivity index (χ2v) is 6.01. The lowest BCUT2D eigenvalue weighted by atomic mass is 10.00. The Morgan fingerprint density at radius 2 is 1.94 bits per heavy atom. The van der Waals surface area contributed by atoms with E-state index in [0.717, 1.165) is 28.7 Å². The Balaban J connectivity index is 4.93. The van der Waals surface area contributed by atoms with Gasteiger partial charge in [0.2, 0.25) is 0 Å². The van der Waals surface area contributed by atoms with E-state index < -0.39 is 0 Å². The third-order valence-electron chi connectivity index (χ3n) is 2.61. The van der Waals surface area contributed by atoms with Gasteiger partial charge in [0, 0.05) is 11.8 Å². The van der Waals surface area contributed by atoms with Gasteiger partial charge in [-0.05, 0) is 44.0 Å². The molecule has 0 bridgehead atoms. The molecule has 0 aromatic rings. The normalized spacial score (nSPS) is 15.4. The highest BCUT2D eigenvalue weighted by Crippen LogP contribution is 2.18. The molecule has 0 saturated carbocycles. The highest BCUT2D eigenvalue weighted by atomic mass is 79.9. The molecule has 1 atom stereocenters. The molecule has 0 aliphatic heterocycles. The molecule has 0 saturated heterocycles. The van der Waals surface area contributed by atoms with Crippen LogP contribution in [0.2, 0.25) is 0 Å². The summed E-state index contributed by atoms with van der Waals surface area (Å²) >= 11 is 3.40. The summed E-state index contributed by atoms with van der Waals surface area (Å²) in [4.78, 5) is 4.55. The minimum Gasteiger partial charge on any atom is -0.383 e. The Hall–Kier alpha value is -0.770. The summed E-state index contributed by atoms with van der Waals surface area (Å²) < 4.78 is 0.996. The predicted molar refractivity (Wildman–Crippen MR) is 84.7 cm³/mol. The summed E-state index contributed by atoms with van der Waals surface area (Å²) in [6, 6.07) is 0.364. The van der Waals surface area contributed by atoms with E-state index in [2.05, 4.69) is 60.5 Å². The Morgan fingerprint density at radius 3 is 2.33 bits per heavy atom. The van der Waals surface area contributed by atoms with E-state index in [-0.39, 0.29) is 0 Å². The van der Waals surface area contributed by atoms with E-state index in [1.807, 2.05) is 6.92 Å². The van der Waals surface area contributed by atoms with Crippen molar-refractivity contribution >= 4 is 21.6 Å². The van der Waals surface area contributed by atoms with Gasteiger partial charge in [0.1, 0.15) is 5.82 Å². The van der Waals surface area contributed by atoms with Crippen LogP contribution in [0.5, 0.6) is 0 Å². The van der Waals surface area contributed by atoms with Crippen LogP contribution in [0.3, 0.4) is 0 Å². The second-order valence-electron chi connectivity index (χ2n) is 4.89. The van der Waals surface area contributed by atoms with Crippen LogP contribution in [-0.2, 0) is 0 Å². The number of rotatable bonds is 7. The molecule has 4 heteroatoms. The van der Waals surface area contributed by atoms with Gasteiger partial charge in [-0.3, -0.25) is 0 Å². The monoisotopic (exact) mass is 315 g/mol. The molecule has 0 rings (SSSR count). The van der Waals surface area contributed by atoms with Crippen LogP contribution in [-0.4, -0.2) is 11.8 Å². The smallest absolute Gasteiger partial charge is 0.142 e. The molecule has 0 radical (unpaired) electrons. The van der Waals surface area contributed by atoms with E-state index in [0.29, 0.717) is 17.8 Å². The van der Waals surface area contributed by atoms with Gasteiger partial charge >= 0.3 is 0 Å². The highest BCUT2D eigenvalue weighted by molar-refractivity contribution is 9.11. The lowest BCUT2D eigenvalue weighted by Gasteiger charge is -2.15. The van der Waals surface area contributed by atoms with Gasteiger partial charge in [-0.1, -0.05) is 36.4 Å². The molecule has 0 amide bonds. The van der Waals surface area contributed by atoms with Crippen LogP contribution < -0.4 is 11.1 Å². The number of aliphatic imine (C=N–C) groups is 1. The maximum Gasteiger partial charge on any atom is 0.142 e. The molecule has 1 unspecified atom stereocenters. The maximum absolute atomic E-state index is 6.01. The molecule has 0 aromatic carbocycles. The van der Waals surface area contributed by atoms with Crippen molar-refractivity contribution in [3.05, 3.63) is 22.6 Å². The van der Waals surface area contributed by atoms with Gasteiger partial charge in [0.05, 0.1) is 5.70 Å². The first-order valence-electron chi connectivity index (χ1n) is 6.41. The van der Waals surface area contributed by atoms with Gasteiger partial charge in [-0.15, -0.1) is 0 Å². The summed E-state index contributed by atoms with van der Waals surface area (Å²) in [5, 5.41) is 3.27. The zero-order chi connectivity index (χ0) is 14.3. The largest absolute Gasteiger partial charge is 0.383 e. The molecule has 18 heavy (non-hydrogen) atoms. The molecule has 0 spiro atoms. The van der Waals surface area contributed by atoms with Crippen molar-refractivity contribution in [2.45, 2.75) is 53.5 Å². The Morgan fingerprint density at radius 1 is 1.39 bits per heavy atom. The standard InChI is InChI=1S/C14H26BrN3/c1-7-13(10(4)8-11(5)15)18-14(16)12(6)17-9(2)3/h9-10,17H,5,7-8,16H2,1-4,6H3/b14-12+,18-13?. The van der Waals surface area contributed by atoms with Crippen molar-refractivity contribution in [3.63, 3.8) is 0 Å². The number of nitrogens with two attached hydrogens (primary N) is 1. The lowest BCUT2D eigenvalue weighted by molar-refractivity contribution is 0.660. The van der Waals surface area contributed by atoms with Crippen molar-refractivity contribution in [2.75, 3.05) is 0 Å². The molecular formula is C14H26BrN3. The van der Waals surface area contributed by atoms with Crippen LogP contribution in [0.1, 0.15) is 47.5 Å². The van der Waals surface area contributed by atoms with Crippen LogP contribution >= 0.6 is 15.9 Å². The molecule has 3 nitrogen and oxygen atoms in total. The number of hydrogen-bond donors (Lipinski definition) is 2. The zero-order valence-corrected chi connectivity index (χ0v) is 13.8. The first-order chi connectivity index (χ1) is 8.27. The van der Waals surface area contributed by atoms with Gasteiger partial charge in [0.25, 0.3) is 0 Å². The fraction of sp³-hybridized carbons (Fsp3) is 0.643. The SMILES string of the molecule is C=C(Br)CC(C)C(CC)=N/C(N)=C(\C)NC(C)C. The Kier molecular flexibility index (Phi) is 8.00. The molecular weight excluding hydrogens is 290 g/mol. The van der Waals surface area contributed by atoms with Gasteiger partial charge in [-0.2, -0.15) is 0 Å². The van der Waals surface area contributed by atoms with Crippen molar-refractivity contribution in [1.29, 1.82) is 0 Å². The van der Waals surface area contributed by atoms with Crippen LogP contribution in [0.15, 0.2) is 27.6 Å². The Bertz CT molecular complexity index is 343. The van der Waals surface area contributed by atoms with Crippen molar-refractivity contribution in [2.24, 2.45) is 16.6 Å². The maximum atomic E-state index is 6.01. The summed E-state index contributed by atoms with van der Waals surface area (Å²) in [6.45, 7) is 14.2. The summed E-state index contributed by atoms with van der Waals surface area (Å²) in [7, 11) is 0. The van der Waals surface area contributed by atoms with Gasteiger partial charge in [0.15, 0.2) is 0 Å². The van der Waals surface area contributed by atoms with Crippen LogP contribution in [0.25, 0.3) is 0 Å². The summed E-state index contributed by atoms with van der Waals surface area (Å²) in [5.74, 6) is 0.930. The van der Waals surface area contributed by atoms with Crippen molar-refractivity contribution in [1.82, 2.24) is 5.32 Å². The average Bonchev–Trinajstić information content (AvgIpc) is 2.23. The average molecular weight is 316 g/mol. The van der Waals surface area contributed by atoms with Crippen molar-refractivity contribution < 1.29 is 0 Å². The molecule has 0 aromatic heterocycles. The summed E-state index contributed by atoms with van der Waals surface area (Å²) in [6.07, 6.45) is 1.79. The van der Waals surface area contributed by atoms with Gasteiger partial charge in [-0.25, -0.2) is 4.99 Å². The van der Waals surface area contributed by atoms with E-state index in [1.165, 1.54) is 0 Å². The zero-order valence-electron chi connectivity index (χ0n) is 12.2. The first kappa shape index (κ1) is 17.2. The minimum atomic E-state index is 0.354. The summed E-state index contributed by atoms with van der Waals surface area (Å²) in [5.41, 5.74) is 8.05. The number of allylic oxidation sites excluding steroid dienone is 2.